The Hall–Kier alpha value is -1.29. The number of carboxylic acids is 1. The first-order valence-corrected chi connectivity index (χ1v) is 10.1. The van der Waals surface area contributed by atoms with Crippen LogP contribution in [-0.2, 0) is 17.6 Å². The van der Waals surface area contributed by atoms with E-state index in [4.69, 9.17) is 10.8 Å². The molecule has 5 nitrogen and oxygen atoms in total. The molecule has 0 saturated carbocycles. The molecule has 1 aliphatic rings. The van der Waals surface area contributed by atoms with E-state index >= 15 is 0 Å². The third-order valence-electron chi connectivity index (χ3n) is 4.18. The van der Waals surface area contributed by atoms with E-state index in [1.807, 2.05) is 10.8 Å². The van der Waals surface area contributed by atoms with Crippen LogP contribution < -0.4 is 5.73 Å². The van der Waals surface area contributed by atoms with Crippen LogP contribution in [0, 0.1) is 11.6 Å². The largest absolute Gasteiger partial charge is 0.480 e. The molecule has 0 saturated heterocycles. The lowest BCUT2D eigenvalue weighted by Crippen LogP contribution is -2.30. The first-order valence-electron chi connectivity index (χ1n) is 7.73. The van der Waals surface area contributed by atoms with E-state index in [2.05, 4.69) is 4.98 Å². The molecule has 0 amide bonds. The van der Waals surface area contributed by atoms with Crippen LogP contribution in [0.5, 0.6) is 0 Å². The van der Waals surface area contributed by atoms with Crippen LogP contribution in [0.15, 0.2) is 29.7 Å². The van der Waals surface area contributed by atoms with Gasteiger partial charge in [0.15, 0.2) is 16.8 Å². The summed E-state index contributed by atoms with van der Waals surface area (Å²) in [7, 11) is 2.91. The van der Waals surface area contributed by atoms with Crippen molar-refractivity contribution in [2.45, 2.75) is 36.5 Å². The predicted octanol–water partition coefficient (Wildman–Crippen LogP) is 3.47. The highest BCUT2D eigenvalue weighted by molar-refractivity contribution is 8.76. The van der Waals surface area contributed by atoms with Crippen LogP contribution in [0.1, 0.15) is 23.6 Å². The summed E-state index contributed by atoms with van der Waals surface area (Å²) >= 11 is 0. The monoisotopic (exact) mass is 421 g/mol. The lowest BCUT2D eigenvalue weighted by Gasteiger charge is -2.14. The van der Waals surface area contributed by atoms with Gasteiger partial charge in [-0.1, -0.05) is 16.9 Å². The molecule has 0 fully saturated rings. The first-order chi connectivity index (χ1) is 12.0. The zero-order valence-electron chi connectivity index (χ0n) is 13.6. The molecule has 1 unspecified atom stereocenters. The van der Waals surface area contributed by atoms with Crippen LogP contribution in [0.4, 0.5) is 8.78 Å². The molecule has 2 aromatic rings. The van der Waals surface area contributed by atoms with Gasteiger partial charge < -0.3 is 15.4 Å². The van der Waals surface area contributed by atoms with Gasteiger partial charge in [0.1, 0.15) is 6.04 Å². The summed E-state index contributed by atoms with van der Waals surface area (Å²) in [5, 5.41) is 9.52. The third kappa shape index (κ3) is 4.51. The lowest BCUT2D eigenvalue weighted by molar-refractivity contribution is -0.138. The fraction of sp³-hybridized carbons (Fsp3) is 0.375. The second-order valence-electron chi connectivity index (χ2n) is 5.82. The molecule has 10 heteroatoms. The van der Waals surface area contributed by atoms with Crippen molar-refractivity contribution in [2.75, 3.05) is 5.75 Å². The number of aromatic nitrogens is 2. The molecular formula is C16H18ClF2N3O2S2. The zero-order valence-corrected chi connectivity index (χ0v) is 16.0. The number of hydrogen-bond donors (Lipinski definition) is 2. The summed E-state index contributed by atoms with van der Waals surface area (Å²) in [6.07, 6.45) is 4.93. The van der Waals surface area contributed by atoms with Crippen molar-refractivity contribution in [3.05, 3.63) is 47.3 Å². The van der Waals surface area contributed by atoms with Crippen molar-refractivity contribution in [2.24, 2.45) is 5.73 Å². The summed E-state index contributed by atoms with van der Waals surface area (Å²) in [6.45, 7) is 0. The van der Waals surface area contributed by atoms with E-state index in [0.29, 0.717) is 30.6 Å². The molecular weight excluding hydrogens is 404 g/mol. The number of carbonyl (C=O) groups is 1. The normalized spacial score (nSPS) is 16.8. The lowest BCUT2D eigenvalue weighted by atomic mass is 10.1. The summed E-state index contributed by atoms with van der Waals surface area (Å²) in [4.78, 5) is 15.0. The van der Waals surface area contributed by atoms with E-state index in [1.54, 1.807) is 12.3 Å². The van der Waals surface area contributed by atoms with Gasteiger partial charge in [0.05, 0.1) is 0 Å². The highest BCUT2D eigenvalue weighted by Gasteiger charge is 2.28. The second kappa shape index (κ2) is 9.07. The van der Waals surface area contributed by atoms with Gasteiger partial charge in [-0.25, -0.2) is 13.8 Å². The molecule has 3 rings (SSSR count). The van der Waals surface area contributed by atoms with Crippen molar-refractivity contribution in [3.8, 4) is 0 Å². The van der Waals surface area contributed by atoms with Crippen LogP contribution in [0.25, 0.3) is 0 Å². The number of nitrogens with two attached hydrogens (primary N) is 1. The maximum absolute atomic E-state index is 13.9. The van der Waals surface area contributed by atoms with Gasteiger partial charge in [0.25, 0.3) is 0 Å². The number of rotatable bonds is 7. The topological polar surface area (TPSA) is 81.1 Å². The number of imidazole rings is 1. The molecule has 3 N–H and O–H groups in total. The molecule has 26 heavy (non-hydrogen) atoms. The fourth-order valence-corrected chi connectivity index (χ4v) is 5.02. The number of aliphatic carboxylic acids is 1. The molecule has 0 bridgehead atoms. The smallest absolute Gasteiger partial charge is 0.320 e. The molecule has 0 aliphatic heterocycles. The summed E-state index contributed by atoms with van der Waals surface area (Å²) in [6, 6.07) is 1.94. The number of benzene rings is 1. The number of nitrogens with zero attached hydrogens (tertiary/aromatic N) is 2. The van der Waals surface area contributed by atoms with Gasteiger partial charge in [-0.3, -0.25) is 4.79 Å². The van der Waals surface area contributed by atoms with Crippen LogP contribution >= 0.6 is 34.0 Å². The Kier molecular flexibility index (Phi) is 7.33. The minimum atomic E-state index is -1.01. The Bertz CT molecular complexity index is 791. The van der Waals surface area contributed by atoms with Crippen molar-refractivity contribution in [3.63, 3.8) is 0 Å². The van der Waals surface area contributed by atoms with Gasteiger partial charge in [-0.2, -0.15) is 0 Å². The molecule has 1 aromatic heterocycles. The SMILES string of the molecule is Cl.N[C@@H](CCSSc1nccn1C1Cc2ccc(F)c(F)c2C1)C(=O)O. The zero-order chi connectivity index (χ0) is 18.0. The Labute approximate surface area is 163 Å². The van der Waals surface area contributed by atoms with E-state index in [9.17, 15) is 13.6 Å². The van der Waals surface area contributed by atoms with E-state index in [-0.39, 0.29) is 18.4 Å². The molecule has 2 atom stereocenters. The van der Waals surface area contributed by atoms with Crippen molar-refractivity contribution in [1.29, 1.82) is 0 Å². The fourth-order valence-electron chi connectivity index (χ4n) is 2.84. The maximum atomic E-state index is 13.9. The molecule has 0 spiro atoms. The van der Waals surface area contributed by atoms with E-state index < -0.39 is 23.6 Å². The van der Waals surface area contributed by atoms with Crippen molar-refractivity contribution < 1.29 is 18.7 Å². The quantitative estimate of drug-likeness (QED) is 0.526. The van der Waals surface area contributed by atoms with Gasteiger partial charge in [-0.15, -0.1) is 12.4 Å². The van der Waals surface area contributed by atoms with Crippen molar-refractivity contribution in [1.82, 2.24) is 9.55 Å². The number of hydrogen-bond acceptors (Lipinski definition) is 5. The number of halogens is 3. The van der Waals surface area contributed by atoms with E-state index in [0.717, 1.165) is 10.7 Å². The average molecular weight is 422 g/mol. The van der Waals surface area contributed by atoms with Gasteiger partial charge >= 0.3 is 5.97 Å². The molecule has 1 aliphatic carbocycles. The molecule has 0 radical (unpaired) electrons. The van der Waals surface area contributed by atoms with E-state index in [1.165, 1.54) is 27.7 Å². The summed E-state index contributed by atoms with van der Waals surface area (Å²) in [5.41, 5.74) is 6.74. The third-order valence-corrected chi connectivity index (χ3v) is 6.46. The molecule has 1 aromatic carbocycles. The van der Waals surface area contributed by atoms with Crippen LogP contribution in [-0.4, -0.2) is 32.4 Å². The number of carboxylic acid groups (broad SMARTS) is 1. The van der Waals surface area contributed by atoms with Crippen molar-refractivity contribution >= 4 is 40.0 Å². The second-order valence-corrected chi connectivity index (χ2v) is 8.20. The molecule has 142 valence electrons. The standard InChI is InChI=1S/C16H17F2N3O2S2.ClH/c17-12-2-1-9-7-10(8-11(9)14(12)18)21-5-4-20-16(21)25-24-6-3-13(19)15(22)23;/h1-2,4-5,10,13H,3,6-8,19H2,(H,22,23);1H/t10?,13-;/m0./s1. The Morgan fingerprint density at radius 2 is 2.19 bits per heavy atom. The number of fused-ring (bicyclic) bond motifs is 1. The predicted molar refractivity (Wildman–Crippen MR) is 101 cm³/mol. The highest BCUT2D eigenvalue weighted by Crippen LogP contribution is 2.37. The van der Waals surface area contributed by atoms with Gasteiger partial charge in [-0.05, 0) is 47.2 Å². The minimum Gasteiger partial charge on any atom is -0.480 e. The summed E-state index contributed by atoms with van der Waals surface area (Å²) < 4.78 is 29.3. The van der Waals surface area contributed by atoms with Gasteiger partial charge in [0, 0.05) is 24.2 Å². The average Bonchev–Trinajstić information content (AvgIpc) is 3.21. The van der Waals surface area contributed by atoms with Crippen LogP contribution in [0.3, 0.4) is 0 Å². The molecule has 1 heterocycles. The van der Waals surface area contributed by atoms with Gasteiger partial charge in [0.2, 0.25) is 0 Å². The summed E-state index contributed by atoms with van der Waals surface area (Å²) in [5.74, 6) is -2.00. The Balaban J connectivity index is 0.00000243. The Morgan fingerprint density at radius 3 is 2.92 bits per heavy atom. The maximum Gasteiger partial charge on any atom is 0.320 e. The highest BCUT2D eigenvalue weighted by atomic mass is 35.5. The van der Waals surface area contributed by atoms with Crippen LogP contribution in [0.2, 0.25) is 0 Å². The Morgan fingerprint density at radius 1 is 1.42 bits per heavy atom. The minimum absolute atomic E-state index is 0. The first kappa shape index (κ1) is 21.0.